The Bertz CT molecular complexity index is 880. The van der Waals surface area contributed by atoms with Gasteiger partial charge in [0.2, 0.25) is 5.82 Å². The number of hydrogen-bond donors (Lipinski definition) is 0. The van der Waals surface area contributed by atoms with Crippen molar-refractivity contribution in [3.8, 4) is 5.69 Å². The summed E-state index contributed by atoms with van der Waals surface area (Å²) in [5, 5.41) is 4.61. The minimum absolute atomic E-state index is 0.0458. The Balaban J connectivity index is 1.36. The Hall–Kier alpha value is -2.25. The van der Waals surface area contributed by atoms with Crippen LogP contribution in [-0.2, 0) is 4.74 Å². The minimum atomic E-state index is -0.0458. The molecule has 0 aliphatic carbocycles. The fourth-order valence-electron chi connectivity index (χ4n) is 4.63. The standard InChI is InChI=1S/C24H35N5O2/c1-18(2)21-6-4-5-7-22(21)29-19(3)25-23(26-29)24(30)28-12-9-20(10-13-28)8-11-27-14-16-31-17-15-27/h4-7,18,20H,8-17H2,1-3H3. The molecule has 4 rings (SSSR count). The Morgan fingerprint density at radius 1 is 1.13 bits per heavy atom. The van der Waals surface area contributed by atoms with Crippen molar-refractivity contribution in [1.29, 1.82) is 0 Å². The van der Waals surface area contributed by atoms with E-state index in [9.17, 15) is 4.79 Å². The Morgan fingerprint density at radius 3 is 2.55 bits per heavy atom. The van der Waals surface area contributed by atoms with Crippen LogP contribution < -0.4 is 0 Å². The van der Waals surface area contributed by atoms with Gasteiger partial charge in [0.25, 0.3) is 5.91 Å². The van der Waals surface area contributed by atoms with Crippen molar-refractivity contribution in [2.24, 2.45) is 5.92 Å². The van der Waals surface area contributed by atoms with Crippen molar-refractivity contribution < 1.29 is 9.53 Å². The van der Waals surface area contributed by atoms with E-state index < -0.39 is 0 Å². The molecule has 0 atom stereocenters. The smallest absolute Gasteiger partial charge is 0.293 e. The second kappa shape index (κ2) is 9.92. The lowest BCUT2D eigenvalue weighted by molar-refractivity contribution is 0.0331. The molecular weight excluding hydrogens is 390 g/mol. The van der Waals surface area contributed by atoms with Crippen LogP contribution in [0.25, 0.3) is 5.69 Å². The SMILES string of the molecule is Cc1nc(C(=O)N2CCC(CCN3CCOCC3)CC2)nn1-c1ccccc1C(C)C. The van der Waals surface area contributed by atoms with Gasteiger partial charge in [-0.05, 0) is 56.2 Å². The van der Waals surface area contributed by atoms with Gasteiger partial charge in [-0.2, -0.15) is 0 Å². The van der Waals surface area contributed by atoms with Crippen LogP contribution in [0.3, 0.4) is 0 Å². The maximum Gasteiger partial charge on any atom is 0.293 e. The first-order chi connectivity index (χ1) is 15.0. The van der Waals surface area contributed by atoms with Crippen molar-refractivity contribution in [2.45, 2.75) is 46.0 Å². The summed E-state index contributed by atoms with van der Waals surface area (Å²) in [6.45, 7) is 12.8. The van der Waals surface area contributed by atoms with Crippen LogP contribution in [0.15, 0.2) is 24.3 Å². The number of hydrogen-bond acceptors (Lipinski definition) is 5. The van der Waals surface area contributed by atoms with Crippen LogP contribution in [0.1, 0.15) is 61.0 Å². The molecule has 3 heterocycles. The topological polar surface area (TPSA) is 63.5 Å². The molecule has 31 heavy (non-hydrogen) atoms. The Morgan fingerprint density at radius 2 is 1.84 bits per heavy atom. The first kappa shape index (κ1) is 22.0. The van der Waals surface area contributed by atoms with Crippen LogP contribution in [-0.4, -0.2) is 76.4 Å². The minimum Gasteiger partial charge on any atom is -0.379 e. The maximum atomic E-state index is 13.1. The van der Waals surface area contributed by atoms with E-state index in [-0.39, 0.29) is 5.91 Å². The molecule has 168 valence electrons. The molecular formula is C24H35N5O2. The highest BCUT2D eigenvalue weighted by Crippen LogP contribution is 2.25. The first-order valence-corrected chi connectivity index (χ1v) is 11.6. The number of para-hydroxylation sites is 1. The van der Waals surface area contributed by atoms with Crippen LogP contribution in [0, 0.1) is 12.8 Å². The monoisotopic (exact) mass is 425 g/mol. The zero-order valence-electron chi connectivity index (χ0n) is 19.1. The zero-order valence-corrected chi connectivity index (χ0v) is 19.1. The molecule has 0 N–H and O–H groups in total. The molecule has 7 heteroatoms. The molecule has 0 bridgehead atoms. The summed E-state index contributed by atoms with van der Waals surface area (Å²) in [5.74, 6) is 2.07. The van der Waals surface area contributed by atoms with Gasteiger partial charge in [0.05, 0.1) is 18.9 Å². The average Bonchev–Trinajstić information content (AvgIpc) is 3.19. The second-order valence-corrected chi connectivity index (χ2v) is 9.09. The Labute approximate surface area is 185 Å². The molecule has 2 aliphatic heterocycles. The average molecular weight is 426 g/mol. The highest BCUT2D eigenvalue weighted by Gasteiger charge is 2.27. The van der Waals surface area contributed by atoms with E-state index in [0.29, 0.717) is 17.7 Å². The summed E-state index contributed by atoms with van der Waals surface area (Å²) >= 11 is 0. The van der Waals surface area contributed by atoms with Crippen molar-refractivity contribution in [2.75, 3.05) is 45.9 Å². The summed E-state index contributed by atoms with van der Waals surface area (Å²) in [6.07, 6.45) is 3.33. The normalized spacial score (nSPS) is 18.6. The molecule has 2 saturated heterocycles. The highest BCUT2D eigenvalue weighted by atomic mass is 16.5. The molecule has 1 amide bonds. The van der Waals surface area contributed by atoms with Crippen molar-refractivity contribution in [3.05, 3.63) is 41.5 Å². The van der Waals surface area contributed by atoms with Gasteiger partial charge in [0.1, 0.15) is 5.82 Å². The van der Waals surface area contributed by atoms with E-state index in [2.05, 4.69) is 34.9 Å². The van der Waals surface area contributed by atoms with E-state index in [1.807, 2.05) is 34.7 Å². The van der Waals surface area contributed by atoms with E-state index in [0.717, 1.165) is 70.3 Å². The van der Waals surface area contributed by atoms with Gasteiger partial charge in [0.15, 0.2) is 0 Å². The molecule has 0 unspecified atom stereocenters. The molecule has 0 saturated carbocycles. The van der Waals surface area contributed by atoms with Gasteiger partial charge in [-0.3, -0.25) is 9.69 Å². The summed E-state index contributed by atoms with van der Waals surface area (Å²) in [5.41, 5.74) is 2.21. The summed E-state index contributed by atoms with van der Waals surface area (Å²) in [6, 6.07) is 8.21. The molecule has 0 spiro atoms. The quantitative estimate of drug-likeness (QED) is 0.711. The lowest BCUT2D eigenvalue weighted by Gasteiger charge is -2.33. The van der Waals surface area contributed by atoms with Crippen LogP contribution >= 0.6 is 0 Å². The predicted molar refractivity (Wildman–Crippen MR) is 121 cm³/mol. The van der Waals surface area contributed by atoms with Gasteiger partial charge in [-0.1, -0.05) is 32.0 Å². The van der Waals surface area contributed by atoms with Crippen molar-refractivity contribution in [3.63, 3.8) is 0 Å². The number of piperidine rings is 1. The molecule has 7 nitrogen and oxygen atoms in total. The van der Waals surface area contributed by atoms with Gasteiger partial charge >= 0.3 is 0 Å². The highest BCUT2D eigenvalue weighted by molar-refractivity contribution is 5.90. The summed E-state index contributed by atoms with van der Waals surface area (Å²) < 4.78 is 7.25. The van der Waals surface area contributed by atoms with E-state index in [1.165, 1.54) is 12.0 Å². The number of amides is 1. The predicted octanol–water partition coefficient (Wildman–Crippen LogP) is 3.27. The van der Waals surface area contributed by atoms with Crippen LogP contribution in [0.5, 0.6) is 0 Å². The lowest BCUT2D eigenvalue weighted by Crippen LogP contribution is -2.41. The van der Waals surface area contributed by atoms with E-state index >= 15 is 0 Å². The molecule has 1 aromatic carbocycles. The molecule has 2 fully saturated rings. The molecule has 1 aromatic heterocycles. The number of carbonyl (C=O) groups excluding carboxylic acids is 1. The fraction of sp³-hybridized carbons (Fsp3) is 0.625. The largest absolute Gasteiger partial charge is 0.379 e. The number of benzene rings is 1. The second-order valence-electron chi connectivity index (χ2n) is 9.09. The van der Waals surface area contributed by atoms with E-state index in [4.69, 9.17) is 4.74 Å². The number of rotatable bonds is 6. The van der Waals surface area contributed by atoms with Crippen molar-refractivity contribution >= 4 is 5.91 Å². The van der Waals surface area contributed by atoms with Crippen LogP contribution in [0.4, 0.5) is 0 Å². The first-order valence-electron chi connectivity index (χ1n) is 11.6. The number of morpholine rings is 1. The van der Waals surface area contributed by atoms with Gasteiger partial charge in [0, 0.05) is 26.2 Å². The summed E-state index contributed by atoms with van der Waals surface area (Å²) in [7, 11) is 0. The number of aromatic nitrogens is 3. The summed E-state index contributed by atoms with van der Waals surface area (Å²) in [4.78, 5) is 22.0. The molecule has 0 radical (unpaired) electrons. The van der Waals surface area contributed by atoms with E-state index in [1.54, 1.807) is 0 Å². The number of likely N-dealkylation sites (tertiary alicyclic amines) is 1. The third-order valence-corrected chi connectivity index (χ3v) is 6.61. The zero-order chi connectivity index (χ0) is 21.8. The fourth-order valence-corrected chi connectivity index (χ4v) is 4.63. The number of nitrogens with zero attached hydrogens (tertiary/aromatic N) is 5. The molecule has 2 aliphatic rings. The number of aryl methyl sites for hydroxylation is 1. The van der Waals surface area contributed by atoms with Gasteiger partial charge in [-0.25, -0.2) is 9.67 Å². The molecule has 2 aromatic rings. The van der Waals surface area contributed by atoms with Crippen LogP contribution in [0.2, 0.25) is 0 Å². The third-order valence-electron chi connectivity index (χ3n) is 6.61. The van der Waals surface area contributed by atoms with Gasteiger partial charge < -0.3 is 9.64 Å². The Kier molecular flexibility index (Phi) is 7.02. The van der Waals surface area contributed by atoms with Crippen molar-refractivity contribution in [1.82, 2.24) is 24.6 Å². The lowest BCUT2D eigenvalue weighted by atomic mass is 9.93. The maximum absolute atomic E-state index is 13.1. The number of carbonyl (C=O) groups is 1. The van der Waals surface area contributed by atoms with Gasteiger partial charge in [-0.15, -0.1) is 5.10 Å². The third kappa shape index (κ3) is 5.15. The number of ether oxygens (including phenoxy) is 1.